The van der Waals surface area contributed by atoms with Gasteiger partial charge in [-0.05, 0) is 62.2 Å². The number of likely N-dealkylation sites (tertiary alicyclic amines) is 1. The van der Waals surface area contributed by atoms with Crippen LogP contribution >= 0.6 is 0 Å². The number of hydrogen-bond donors (Lipinski definition) is 0. The van der Waals surface area contributed by atoms with Gasteiger partial charge in [0.25, 0.3) is 0 Å². The van der Waals surface area contributed by atoms with Crippen molar-refractivity contribution in [3.05, 3.63) is 72.0 Å². The van der Waals surface area contributed by atoms with Gasteiger partial charge < -0.3 is 4.42 Å². The molecule has 1 fully saturated rings. The second-order valence-corrected chi connectivity index (χ2v) is 7.81. The van der Waals surface area contributed by atoms with Crippen LogP contribution in [0.2, 0.25) is 0 Å². The number of oxazole rings is 1. The minimum absolute atomic E-state index is 0.245. The van der Waals surface area contributed by atoms with E-state index < -0.39 is 0 Å². The molecule has 3 heterocycles. The van der Waals surface area contributed by atoms with Gasteiger partial charge in [0.2, 0.25) is 5.89 Å². The largest absolute Gasteiger partial charge is 0.444 e. The molecule has 0 amide bonds. The van der Waals surface area contributed by atoms with Crippen molar-refractivity contribution in [3.63, 3.8) is 0 Å². The van der Waals surface area contributed by atoms with Crippen LogP contribution in [0.15, 0.2) is 59.3 Å². The summed E-state index contributed by atoms with van der Waals surface area (Å²) in [6.45, 7) is 4.87. The predicted molar refractivity (Wildman–Crippen MR) is 110 cm³/mol. The number of aromatic nitrogens is 3. The molecular weight excluding hydrogens is 367 g/mol. The molecule has 1 aliphatic heterocycles. The van der Waals surface area contributed by atoms with Crippen molar-refractivity contribution in [3.8, 4) is 11.5 Å². The molecule has 1 atom stereocenters. The molecule has 1 saturated heterocycles. The number of benzene rings is 2. The first-order chi connectivity index (χ1) is 14.2. The van der Waals surface area contributed by atoms with Crippen LogP contribution in [0.5, 0.6) is 0 Å². The van der Waals surface area contributed by atoms with Crippen LogP contribution in [0.4, 0.5) is 4.39 Å². The molecule has 1 aliphatic rings. The molecule has 148 valence electrons. The van der Waals surface area contributed by atoms with Crippen LogP contribution in [0, 0.1) is 5.82 Å². The van der Waals surface area contributed by atoms with Crippen molar-refractivity contribution in [2.75, 3.05) is 6.54 Å². The highest BCUT2D eigenvalue weighted by atomic mass is 19.1. The van der Waals surface area contributed by atoms with E-state index in [9.17, 15) is 4.39 Å². The Kier molecular flexibility index (Phi) is 4.64. The van der Waals surface area contributed by atoms with Gasteiger partial charge in [0, 0.05) is 23.5 Å². The van der Waals surface area contributed by atoms with Crippen LogP contribution in [-0.2, 0) is 13.1 Å². The molecule has 2 aromatic carbocycles. The van der Waals surface area contributed by atoms with E-state index in [1.165, 1.54) is 25.0 Å². The third kappa shape index (κ3) is 3.68. The van der Waals surface area contributed by atoms with E-state index in [2.05, 4.69) is 34.0 Å². The summed E-state index contributed by atoms with van der Waals surface area (Å²) in [5.41, 5.74) is 3.97. The Morgan fingerprint density at radius 3 is 2.79 bits per heavy atom. The molecule has 0 bridgehead atoms. The SMILES string of the molecule is C[C@H]1CCCN1Cc1coc(-c2ccc(Cn3ncc4cc(F)ccc43)cc2)n1. The molecule has 5 rings (SSSR count). The molecule has 29 heavy (non-hydrogen) atoms. The van der Waals surface area contributed by atoms with Crippen LogP contribution in [0.1, 0.15) is 31.0 Å². The van der Waals surface area contributed by atoms with Gasteiger partial charge in [-0.2, -0.15) is 5.10 Å². The normalized spacial score (nSPS) is 17.4. The maximum absolute atomic E-state index is 13.4. The van der Waals surface area contributed by atoms with Crippen LogP contribution in [-0.4, -0.2) is 32.3 Å². The molecule has 0 spiro atoms. The van der Waals surface area contributed by atoms with Gasteiger partial charge in [-0.3, -0.25) is 9.58 Å². The van der Waals surface area contributed by atoms with Crippen molar-refractivity contribution in [2.24, 2.45) is 0 Å². The fourth-order valence-corrected chi connectivity index (χ4v) is 4.06. The standard InChI is InChI=1S/C23H23FN4O/c1-16-3-2-10-27(16)14-21-15-29-23(26-21)18-6-4-17(5-7-18)13-28-22-9-8-20(24)11-19(22)12-25-28/h4-9,11-12,15-16H,2-3,10,13-14H2,1H3/t16-/m0/s1. The van der Waals surface area contributed by atoms with Crippen molar-refractivity contribution < 1.29 is 8.81 Å². The molecule has 2 aromatic heterocycles. The molecule has 0 saturated carbocycles. The Labute approximate surface area is 168 Å². The second-order valence-electron chi connectivity index (χ2n) is 7.81. The Bertz CT molecular complexity index is 1130. The first-order valence-electron chi connectivity index (χ1n) is 10.0. The van der Waals surface area contributed by atoms with Gasteiger partial charge in [0.1, 0.15) is 12.1 Å². The van der Waals surface area contributed by atoms with Gasteiger partial charge in [0.15, 0.2) is 0 Å². The summed E-state index contributed by atoms with van der Waals surface area (Å²) < 4.78 is 21.0. The number of fused-ring (bicyclic) bond motifs is 1. The molecule has 0 unspecified atom stereocenters. The Hall–Kier alpha value is -2.99. The maximum Gasteiger partial charge on any atom is 0.226 e. The third-order valence-corrected chi connectivity index (χ3v) is 5.74. The van der Waals surface area contributed by atoms with E-state index in [1.54, 1.807) is 18.5 Å². The van der Waals surface area contributed by atoms with E-state index in [0.717, 1.165) is 40.8 Å². The highest BCUT2D eigenvalue weighted by molar-refractivity contribution is 5.78. The zero-order chi connectivity index (χ0) is 19.8. The van der Waals surface area contributed by atoms with E-state index in [0.29, 0.717) is 18.5 Å². The van der Waals surface area contributed by atoms with Crippen LogP contribution in [0.3, 0.4) is 0 Å². The zero-order valence-electron chi connectivity index (χ0n) is 16.4. The Morgan fingerprint density at radius 1 is 1.14 bits per heavy atom. The minimum atomic E-state index is -0.245. The van der Waals surface area contributed by atoms with Gasteiger partial charge in [-0.25, -0.2) is 9.37 Å². The van der Waals surface area contributed by atoms with Gasteiger partial charge >= 0.3 is 0 Å². The highest BCUT2D eigenvalue weighted by Crippen LogP contribution is 2.23. The van der Waals surface area contributed by atoms with Crippen molar-refractivity contribution in [1.82, 2.24) is 19.7 Å². The number of halogens is 1. The lowest BCUT2D eigenvalue weighted by Crippen LogP contribution is -2.26. The first-order valence-corrected chi connectivity index (χ1v) is 10.0. The summed E-state index contributed by atoms with van der Waals surface area (Å²) >= 11 is 0. The maximum atomic E-state index is 13.4. The van der Waals surface area contributed by atoms with Crippen LogP contribution < -0.4 is 0 Å². The molecule has 5 nitrogen and oxygen atoms in total. The Balaban J connectivity index is 1.30. The quantitative estimate of drug-likeness (QED) is 0.488. The lowest BCUT2D eigenvalue weighted by molar-refractivity contribution is 0.257. The minimum Gasteiger partial charge on any atom is -0.444 e. The summed E-state index contributed by atoms with van der Waals surface area (Å²) in [7, 11) is 0. The fraction of sp³-hybridized carbons (Fsp3) is 0.304. The average Bonchev–Trinajstić information content (AvgIpc) is 3.44. The molecule has 0 aliphatic carbocycles. The van der Waals surface area contributed by atoms with Gasteiger partial charge in [0.05, 0.1) is 24.0 Å². The number of hydrogen-bond acceptors (Lipinski definition) is 4. The summed E-state index contributed by atoms with van der Waals surface area (Å²) in [5, 5.41) is 5.19. The molecule has 0 N–H and O–H groups in total. The fourth-order valence-electron chi connectivity index (χ4n) is 4.06. The molecule has 4 aromatic rings. The smallest absolute Gasteiger partial charge is 0.226 e. The lowest BCUT2D eigenvalue weighted by Gasteiger charge is -2.18. The topological polar surface area (TPSA) is 47.1 Å². The summed E-state index contributed by atoms with van der Waals surface area (Å²) in [4.78, 5) is 7.12. The predicted octanol–water partition coefficient (Wildman–Crippen LogP) is 4.86. The van der Waals surface area contributed by atoms with E-state index in [-0.39, 0.29) is 5.82 Å². The van der Waals surface area contributed by atoms with Crippen molar-refractivity contribution in [2.45, 2.75) is 38.9 Å². The molecule has 6 heteroatoms. The van der Waals surface area contributed by atoms with E-state index in [4.69, 9.17) is 4.42 Å². The van der Waals surface area contributed by atoms with Crippen LogP contribution in [0.25, 0.3) is 22.4 Å². The van der Waals surface area contributed by atoms with E-state index >= 15 is 0 Å². The summed E-state index contributed by atoms with van der Waals surface area (Å²) in [6.07, 6.45) is 5.98. The highest BCUT2D eigenvalue weighted by Gasteiger charge is 2.21. The summed E-state index contributed by atoms with van der Waals surface area (Å²) in [6, 6.07) is 13.5. The van der Waals surface area contributed by atoms with E-state index in [1.807, 2.05) is 16.8 Å². The second kappa shape index (κ2) is 7.44. The zero-order valence-corrected chi connectivity index (χ0v) is 16.4. The summed E-state index contributed by atoms with van der Waals surface area (Å²) in [5.74, 6) is 0.407. The molecule has 0 radical (unpaired) electrons. The van der Waals surface area contributed by atoms with Crippen molar-refractivity contribution in [1.29, 1.82) is 0 Å². The number of rotatable bonds is 5. The third-order valence-electron chi connectivity index (χ3n) is 5.74. The van der Waals surface area contributed by atoms with Gasteiger partial charge in [-0.15, -0.1) is 0 Å². The van der Waals surface area contributed by atoms with Gasteiger partial charge in [-0.1, -0.05) is 12.1 Å². The molecular formula is C23H23FN4O. The lowest BCUT2D eigenvalue weighted by atomic mass is 10.1. The Morgan fingerprint density at radius 2 is 2.00 bits per heavy atom. The number of nitrogens with zero attached hydrogens (tertiary/aromatic N) is 4. The first kappa shape index (κ1) is 18.1. The average molecular weight is 390 g/mol. The monoisotopic (exact) mass is 390 g/mol. The van der Waals surface area contributed by atoms with Crippen molar-refractivity contribution >= 4 is 10.9 Å².